The molecular weight excluding hydrogens is 234 g/mol. The Kier molecular flexibility index (Phi) is 4.74. The molecule has 0 aromatic rings. The summed E-state index contributed by atoms with van der Waals surface area (Å²) in [6.45, 7) is 3.38. The Labute approximate surface area is 108 Å². The molecule has 2 aliphatic rings. The largest absolute Gasteiger partial charge is 0.481 e. The fourth-order valence-electron chi connectivity index (χ4n) is 2.91. The minimum atomic E-state index is -0.600. The molecule has 1 saturated heterocycles. The Bertz CT molecular complexity index is 264. The van der Waals surface area contributed by atoms with Crippen LogP contribution in [0.25, 0.3) is 0 Å². The molecule has 98 valence electrons. The van der Waals surface area contributed by atoms with Crippen LogP contribution in [0, 0.1) is 11.8 Å². The molecule has 0 aromatic carbocycles. The molecule has 1 heterocycles. The molecule has 1 saturated carbocycles. The highest BCUT2D eigenvalue weighted by atomic mass is 32.2. The predicted octanol–water partition coefficient (Wildman–Crippen LogP) is 2.36. The Hall–Kier alpha value is -0.220. The Morgan fingerprint density at radius 3 is 2.59 bits per heavy atom. The summed E-state index contributed by atoms with van der Waals surface area (Å²) in [4.78, 5) is 10.8. The van der Waals surface area contributed by atoms with Crippen LogP contribution in [0.15, 0.2) is 0 Å². The summed E-state index contributed by atoms with van der Waals surface area (Å²) in [5.74, 6) is 1.27. The minimum Gasteiger partial charge on any atom is -0.481 e. The van der Waals surface area contributed by atoms with E-state index in [1.165, 1.54) is 12.2 Å². The van der Waals surface area contributed by atoms with E-state index in [1.807, 2.05) is 0 Å². The zero-order chi connectivity index (χ0) is 12.3. The summed E-state index contributed by atoms with van der Waals surface area (Å²) >= 11 is 2.06. The third-order valence-electron chi connectivity index (χ3n) is 4.09. The van der Waals surface area contributed by atoms with Crippen LogP contribution in [0.4, 0.5) is 0 Å². The van der Waals surface area contributed by atoms with Gasteiger partial charge in [-0.05, 0) is 44.6 Å². The van der Waals surface area contributed by atoms with Crippen LogP contribution < -0.4 is 5.32 Å². The SMILES string of the molecule is CC1CC(NCC2CCC(C(=O)O)CC2)CS1. The van der Waals surface area contributed by atoms with Crippen LogP contribution in [-0.2, 0) is 4.79 Å². The van der Waals surface area contributed by atoms with Crippen molar-refractivity contribution in [1.29, 1.82) is 0 Å². The van der Waals surface area contributed by atoms with Crippen molar-refractivity contribution in [2.75, 3.05) is 12.3 Å². The maximum atomic E-state index is 10.8. The Morgan fingerprint density at radius 1 is 1.35 bits per heavy atom. The lowest BCUT2D eigenvalue weighted by Gasteiger charge is -2.27. The van der Waals surface area contributed by atoms with E-state index in [0.29, 0.717) is 12.0 Å². The van der Waals surface area contributed by atoms with Crippen molar-refractivity contribution in [3.8, 4) is 0 Å². The average molecular weight is 257 g/mol. The molecule has 2 unspecified atom stereocenters. The zero-order valence-corrected chi connectivity index (χ0v) is 11.3. The molecule has 2 fully saturated rings. The lowest BCUT2D eigenvalue weighted by molar-refractivity contribution is -0.143. The number of hydrogen-bond acceptors (Lipinski definition) is 3. The fraction of sp³-hybridized carbons (Fsp3) is 0.923. The summed E-state index contributed by atoms with van der Waals surface area (Å²) in [7, 11) is 0. The predicted molar refractivity (Wildman–Crippen MR) is 71.4 cm³/mol. The Balaban J connectivity index is 1.63. The topological polar surface area (TPSA) is 49.3 Å². The van der Waals surface area contributed by atoms with Crippen molar-refractivity contribution in [1.82, 2.24) is 5.32 Å². The fourth-order valence-corrected chi connectivity index (χ4v) is 4.09. The van der Waals surface area contributed by atoms with Crippen LogP contribution in [0.3, 0.4) is 0 Å². The van der Waals surface area contributed by atoms with Crippen molar-refractivity contribution < 1.29 is 9.90 Å². The van der Waals surface area contributed by atoms with Crippen LogP contribution in [-0.4, -0.2) is 34.7 Å². The van der Waals surface area contributed by atoms with Crippen molar-refractivity contribution in [3.05, 3.63) is 0 Å². The van der Waals surface area contributed by atoms with E-state index >= 15 is 0 Å². The van der Waals surface area contributed by atoms with Gasteiger partial charge in [0.05, 0.1) is 5.92 Å². The average Bonchev–Trinajstić information content (AvgIpc) is 2.73. The molecule has 0 amide bonds. The second-order valence-electron chi connectivity index (χ2n) is 5.54. The van der Waals surface area contributed by atoms with Crippen molar-refractivity contribution in [2.24, 2.45) is 11.8 Å². The highest BCUT2D eigenvalue weighted by Gasteiger charge is 2.27. The molecule has 1 aliphatic heterocycles. The van der Waals surface area contributed by atoms with E-state index in [4.69, 9.17) is 5.11 Å². The van der Waals surface area contributed by atoms with Gasteiger partial charge in [0.15, 0.2) is 0 Å². The summed E-state index contributed by atoms with van der Waals surface area (Å²) in [5, 5.41) is 13.4. The molecule has 3 nitrogen and oxygen atoms in total. The van der Waals surface area contributed by atoms with Gasteiger partial charge in [0.25, 0.3) is 0 Å². The number of carbonyl (C=O) groups is 1. The van der Waals surface area contributed by atoms with Gasteiger partial charge in [0.2, 0.25) is 0 Å². The van der Waals surface area contributed by atoms with Gasteiger partial charge >= 0.3 is 5.97 Å². The first kappa shape index (κ1) is 13.2. The van der Waals surface area contributed by atoms with E-state index in [-0.39, 0.29) is 5.92 Å². The molecule has 17 heavy (non-hydrogen) atoms. The lowest BCUT2D eigenvalue weighted by Crippen LogP contribution is -2.35. The monoisotopic (exact) mass is 257 g/mol. The third-order valence-corrected chi connectivity index (χ3v) is 5.45. The summed E-state index contributed by atoms with van der Waals surface area (Å²) < 4.78 is 0. The molecule has 2 atom stereocenters. The lowest BCUT2D eigenvalue weighted by atomic mass is 9.82. The molecule has 2 rings (SSSR count). The van der Waals surface area contributed by atoms with Gasteiger partial charge in [-0.2, -0.15) is 11.8 Å². The number of nitrogens with one attached hydrogen (secondary N) is 1. The molecule has 1 aliphatic carbocycles. The van der Waals surface area contributed by atoms with Crippen LogP contribution in [0.5, 0.6) is 0 Å². The quantitative estimate of drug-likeness (QED) is 0.812. The van der Waals surface area contributed by atoms with Gasteiger partial charge in [-0.15, -0.1) is 0 Å². The van der Waals surface area contributed by atoms with Crippen LogP contribution in [0.2, 0.25) is 0 Å². The Morgan fingerprint density at radius 2 is 2.06 bits per heavy atom. The third kappa shape index (κ3) is 3.88. The zero-order valence-electron chi connectivity index (χ0n) is 10.5. The van der Waals surface area contributed by atoms with E-state index < -0.39 is 5.97 Å². The second kappa shape index (κ2) is 6.10. The minimum absolute atomic E-state index is 0.0756. The summed E-state index contributed by atoms with van der Waals surface area (Å²) in [6, 6.07) is 0.687. The smallest absolute Gasteiger partial charge is 0.306 e. The number of thioether (sulfide) groups is 1. The van der Waals surface area contributed by atoms with Crippen molar-refractivity contribution >= 4 is 17.7 Å². The number of aliphatic carboxylic acids is 1. The molecule has 0 spiro atoms. The van der Waals surface area contributed by atoms with E-state index in [1.54, 1.807) is 0 Å². The maximum Gasteiger partial charge on any atom is 0.306 e. The highest BCUT2D eigenvalue weighted by Crippen LogP contribution is 2.30. The first-order valence-corrected chi connectivity index (χ1v) is 7.78. The summed E-state index contributed by atoms with van der Waals surface area (Å²) in [5.41, 5.74) is 0. The molecule has 0 bridgehead atoms. The van der Waals surface area contributed by atoms with E-state index in [2.05, 4.69) is 24.0 Å². The van der Waals surface area contributed by atoms with E-state index in [0.717, 1.165) is 37.5 Å². The standard InChI is InChI=1S/C13H23NO2S/c1-9-6-12(8-17-9)14-7-10-2-4-11(5-3-10)13(15)16/h9-12,14H,2-8H2,1H3,(H,15,16). The van der Waals surface area contributed by atoms with Gasteiger partial charge in [0.1, 0.15) is 0 Å². The van der Waals surface area contributed by atoms with Crippen LogP contribution in [0.1, 0.15) is 39.0 Å². The van der Waals surface area contributed by atoms with Gasteiger partial charge in [-0.1, -0.05) is 6.92 Å². The number of rotatable bonds is 4. The first-order valence-electron chi connectivity index (χ1n) is 6.73. The number of hydrogen-bond donors (Lipinski definition) is 2. The van der Waals surface area contributed by atoms with Gasteiger partial charge in [0, 0.05) is 17.0 Å². The normalized spacial score (nSPS) is 38.2. The van der Waals surface area contributed by atoms with Crippen molar-refractivity contribution in [2.45, 2.75) is 50.3 Å². The molecule has 0 radical (unpaired) electrons. The highest BCUT2D eigenvalue weighted by molar-refractivity contribution is 8.00. The maximum absolute atomic E-state index is 10.8. The number of carboxylic acids is 1. The van der Waals surface area contributed by atoms with E-state index in [9.17, 15) is 4.79 Å². The van der Waals surface area contributed by atoms with Crippen molar-refractivity contribution in [3.63, 3.8) is 0 Å². The summed E-state index contributed by atoms with van der Waals surface area (Å²) in [6.07, 6.45) is 5.20. The van der Waals surface area contributed by atoms with Gasteiger partial charge in [-0.25, -0.2) is 0 Å². The molecule has 4 heteroatoms. The number of carboxylic acid groups (broad SMARTS) is 1. The molecule has 2 N–H and O–H groups in total. The molecule has 0 aromatic heterocycles. The van der Waals surface area contributed by atoms with Gasteiger partial charge in [-0.3, -0.25) is 4.79 Å². The van der Waals surface area contributed by atoms with Gasteiger partial charge < -0.3 is 10.4 Å². The van der Waals surface area contributed by atoms with Crippen LogP contribution >= 0.6 is 11.8 Å². The first-order chi connectivity index (χ1) is 8.15. The molecular formula is C13H23NO2S. The second-order valence-corrected chi connectivity index (χ2v) is 7.01.